The van der Waals surface area contributed by atoms with Crippen LogP contribution >= 0.6 is 0 Å². The summed E-state index contributed by atoms with van der Waals surface area (Å²) in [5.74, 6) is -0.120. The highest BCUT2D eigenvalue weighted by Gasteiger charge is 2.31. The summed E-state index contributed by atoms with van der Waals surface area (Å²) in [5.41, 5.74) is 1.47. The first-order chi connectivity index (χ1) is 16.9. The van der Waals surface area contributed by atoms with Crippen LogP contribution in [0.15, 0.2) is 53.4 Å². The van der Waals surface area contributed by atoms with Gasteiger partial charge in [-0.05, 0) is 49.2 Å². The molecular formula is C25H40F3NO5S2. The molecule has 0 aliphatic carbocycles. The van der Waals surface area contributed by atoms with Gasteiger partial charge in [0.25, 0.3) is 0 Å². The predicted molar refractivity (Wildman–Crippen MR) is 142 cm³/mol. The van der Waals surface area contributed by atoms with Crippen molar-refractivity contribution in [2.45, 2.75) is 51.6 Å². The summed E-state index contributed by atoms with van der Waals surface area (Å²) in [6.07, 6.45) is -3.40. The lowest BCUT2D eigenvalue weighted by Crippen LogP contribution is -2.20. The average Bonchev–Trinajstić information content (AvgIpc) is 2.86. The van der Waals surface area contributed by atoms with Gasteiger partial charge in [0.1, 0.15) is 0 Å². The molecule has 11 heteroatoms. The number of likely N-dealkylation sites (N-methyl/N-ethyl adjacent to an activating group) is 1. The molecule has 0 aromatic heterocycles. The zero-order valence-corrected chi connectivity index (χ0v) is 23.8. The summed E-state index contributed by atoms with van der Waals surface area (Å²) < 4.78 is 72.7. The Hall–Kier alpha value is -2.08. The number of halogens is 3. The molecule has 36 heavy (non-hydrogen) atoms. The van der Waals surface area contributed by atoms with Crippen molar-refractivity contribution in [2.24, 2.45) is 0 Å². The van der Waals surface area contributed by atoms with Gasteiger partial charge in [0.2, 0.25) is 0 Å². The standard InChI is InChI=1S/C11H13F3O2S.C10H15NO.C2H6O.C2H6.OS/c1-2-3-7-17(15,16)10-6-4-5-9(8-10)11(12,13)14;1-9-4-3-5-10(8-9)11(2)6-7-12;1-3-2;2*1-2/h4-6,8H,2-3,7H2,1H3;3-5,8,12H,6-7H2,1-2H3;1-2H3;1-2H3;. The van der Waals surface area contributed by atoms with Gasteiger partial charge in [-0.2, -0.15) is 17.4 Å². The molecule has 0 amide bonds. The summed E-state index contributed by atoms with van der Waals surface area (Å²) in [4.78, 5) is 1.77. The molecule has 0 radical (unpaired) electrons. The van der Waals surface area contributed by atoms with Gasteiger partial charge in [-0.25, -0.2) is 8.42 Å². The fraction of sp³-hybridized carbons (Fsp3) is 0.520. The molecule has 0 bridgehead atoms. The molecule has 0 saturated heterocycles. The highest BCUT2D eigenvalue weighted by Crippen LogP contribution is 2.30. The SMILES string of the molecule is CC.CCCCS(=O)(=O)c1cccc(C(F)(F)F)c1.COC.Cc1cccc(N(C)CCO)c1.O=S. The van der Waals surface area contributed by atoms with Crippen LogP contribution in [0.1, 0.15) is 44.7 Å². The van der Waals surface area contributed by atoms with Crippen LogP contribution in [0.4, 0.5) is 18.9 Å². The maximum atomic E-state index is 12.4. The van der Waals surface area contributed by atoms with Crippen LogP contribution in [0.3, 0.4) is 0 Å². The first-order valence-corrected chi connectivity index (χ1v) is 13.3. The van der Waals surface area contributed by atoms with Crippen LogP contribution in [0, 0.1) is 6.92 Å². The second-order valence-electron chi connectivity index (χ2n) is 7.09. The van der Waals surface area contributed by atoms with Crippen LogP contribution < -0.4 is 4.90 Å². The van der Waals surface area contributed by atoms with E-state index in [2.05, 4.69) is 36.3 Å². The molecule has 2 aromatic carbocycles. The number of sulfone groups is 1. The van der Waals surface area contributed by atoms with Crippen molar-refractivity contribution in [1.82, 2.24) is 0 Å². The third-order valence-electron chi connectivity index (χ3n) is 4.16. The predicted octanol–water partition coefficient (Wildman–Crippen LogP) is 5.66. The second kappa shape index (κ2) is 22.1. The van der Waals surface area contributed by atoms with Gasteiger partial charge < -0.3 is 14.7 Å². The third-order valence-corrected chi connectivity index (χ3v) is 5.96. The van der Waals surface area contributed by atoms with E-state index in [4.69, 9.17) is 9.32 Å². The lowest BCUT2D eigenvalue weighted by molar-refractivity contribution is -0.137. The van der Waals surface area contributed by atoms with Crippen LogP contribution in [-0.4, -0.2) is 57.9 Å². The number of anilines is 1. The average molecular weight is 556 g/mol. The number of alkyl halides is 3. The van der Waals surface area contributed by atoms with E-state index in [9.17, 15) is 21.6 Å². The molecule has 0 atom stereocenters. The van der Waals surface area contributed by atoms with E-state index < -0.39 is 21.6 Å². The topological polar surface area (TPSA) is 83.9 Å². The van der Waals surface area contributed by atoms with Crippen molar-refractivity contribution in [2.75, 3.05) is 45.1 Å². The smallest absolute Gasteiger partial charge is 0.395 e. The van der Waals surface area contributed by atoms with Gasteiger partial charge in [0.05, 0.1) is 22.8 Å². The summed E-state index contributed by atoms with van der Waals surface area (Å²) >= 11 is 2.83. The van der Waals surface area contributed by atoms with Gasteiger partial charge in [0, 0.05) is 33.5 Å². The van der Waals surface area contributed by atoms with Gasteiger partial charge in [-0.3, -0.25) is 0 Å². The van der Waals surface area contributed by atoms with E-state index in [1.165, 1.54) is 11.6 Å². The Bertz CT molecular complexity index is 911. The zero-order valence-electron chi connectivity index (χ0n) is 22.1. The summed E-state index contributed by atoms with van der Waals surface area (Å²) in [6.45, 7) is 8.77. The second-order valence-corrected chi connectivity index (χ2v) is 9.20. The zero-order chi connectivity index (χ0) is 28.8. The molecule has 0 spiro atoms. The first-order valence-electron chi connectivity index (χ1n) is 11.3. The number of aliphatic hydroxyl groups is 1. The number of hydrogen-bond acceptors (Lipinski definition) is 7. The van der Waals surface area contributed by atoms with E-state index in [1.807, 2.05) is 44.9 Å². The minimum atomic E-state index is -4.52. The molecule has 1 N–H and O–H groups in total. The minimum absolute atomic E-state index is 0.120. The van der Waals surface area contributed by atoms with E-state index in [0.717, 1.165) is 17.8 Å². The molecule has 0 saturated carbocycles. The summed E-state index contributed by atoms with van der Waals surface area (Å²) in [7, 11) is 1.62. The van der Waals surface area contributed by atoms with Crippen molar-refractivity contribution >= 4 is 28.1 Å². The Kier molecular flexibility index (Phi) is 23.7. The molecule has 0 fully saturated rings. The first kappa shape index (κ1) is 38.5. The van der Waals surface area contributed by atoms with E-state index in [1.54, 1.807) is 14.2 Å². The highest BCUT2D eigenvalue weighted by molar-refractivity contribution is 7.91. The number of aryl methyl sites for hydroxylation is 1. The van der Waals surface area contributed by atoms with Crippen LogP contribution in [-0.2, 0) is 33.3 Å². The van der Waals surface area contributed by atoms with E-state index in [0.29, 0.717) is 25.5 Å². The Labute approximate surface area is 219 Å². The molecule has 6 nitrogen and oxygen atoms in total. The molecular weight excluding hydrogens is 515 g/mol. The Morgan fingerprint density at radius 2 is 1.56 bits per heavy atom. The van der Waals surface area contributed by atoms with Crippen molar-refractivity contribution in [3.8, 4) is 0 Å². The number of aliphatic hydroxyl groups excluding tert-OH is 1. The molecule has 2 rings (SSSR count). The number of benzene rings is 2. The number of nitrogens with zero attached hydrogens (tertiary/aromatic N) is 1. The molecule has 208 valence electrons. The van der Waals surface area contributed by atoms with Crippen LogP contribution in [0.25, 0.3) is 0 Å². The summed E-state index contributed by atoms with van der Waals surface area (Å²) in [6, 6.07) is 12.1. The number of methoxy groups -OCH3 is 1. The lowest BCUT2D eigenvalue weighted by Gasteiger charge is -2.17. The quantitative estimate of drug-likeness (QED) is 0.472. The van der Waals surface area contributed by atoms with Crippen molar-refractivity contribution in [3.05, 3.63) is 59.7 Å². The largest absolute Gasteiger partial charge is 0.416 e. The Morgan fingerprint density at radius 3 is 2.00 bits per heavy atom. The van der Waals surface area contributed by atoms with Gasteiger partial charge in [-0.15, -0.1) is 0 Å². The monoisotopic (exact) mass is 555 g/mol. The lowest BCUT2D eigenvalue weighted by atomic mass is 10.2. The number of unbranched alkanes of at least 4 members (excludes halogenated alkanes) is 1. The maximum Gasteiger partial charge on any atom is 0.416 e. The van der Waals surface area contributed by atoms with Crippen LogP contribution in [0.2, 0.25) is 0 Å². The minimum Gasteiger partial charge on any atom is -0.395 e. The number of hydrogen-bond donors (Lipinski definition) is 1. The molecule has 0 aliphatic rings. The van der Waals surface area contributed by atoms with Gasteiger partial charge in [-0.1, -0.05) is 45.4 Å². The van der Waals surface area contributed by atoms with E-state index in [-0.39, 0.29) is 17.3 Å². The maximum absolute atomic E-state index is 12.4. The van der Waals surface area contributed by atoms with Gasteiger partial charge >= 0.3 is 6.18 Å². The fourth-order valence-corrected chi connectivity index (χ4v) is 3.96. The molecule has 0 aliphatic heterocycles. The Morgan fingerprint density at radius 1 is 1.03 bits per heavy atom. The highest BCUT2D eigenvalue weighted by atomic mass is 32.2. The summed E-state index contributed by atoms with van der Waals surface area (Å²) in [5, 5.41) is 8.73. The van der Waals surface area contributed by atoms with Gasteiger partial charge in [0.15, 0.2) is 22.4 Å². The van der Waals surface area contributed by atoms with Crippen LogP contribution in [0.5, 0.6) is 0 Å². The Balaban J connectivity index is -0.000000500. The molecule has 2 aromatic rings. The van der Waals surface area contributed by atoms with E-state index >= 15 is 0 Å². The third kappa shape index (κ3) is 17.4. The van der Waals surface area contributed by atoms with Crippen molar-refractivity contribution < 1.29 is 35.6 Å². The molecule has 0 heterocycles. The van der Waals surface area contributed by atoms with Crippen molar-refractivity contribution in [1.29, 1.82) is 0 Å². The molecule has 0 unspecified atom stereocenters. The fourth-order valence-electron chi connectivity index (χ4n) is 2.46. The van der Waals surface area contributed by atoms with Crippen molar-refractivity contribution in [3.63, 3.8) is 0 Å². The number of rotatable bonds is 7. The normalized spacial score (nSPS) is 10.1. The number of ether oxygens (including phenoxy) is 1.